The van der Waals surface area contributed by atoms with E-state index in [4.69, 9.17) is 9.84 Å². The molecule has 2 rings (SSSR count). The highest BCUT2D eigenvalue weighted by atomic mass is 19.4. The predicted octanol–water partition coefficient (Wildman–Crippen LogP) is 1.90. The van der Waals surface area contributed by atoms with E-state index in [1.54, 1.807) is 0 Å². The van der Waals surface area contributed by atoms with Crippen LogP contribution in [0.1, 0.15) is 16.8 Å². The fraction of sp³-hybridized carbons (Fsp3) is 0.429. The lowest BCUT2D eigenvalue weighted by molar-refractivity contribution is -0.274. The maximum atomic E-state index is 12.3. The van der Waals surface area contributed by atoms with Gasteiger partial charge in [0.25, 0.3) is 5.91 Å². The van der Waals surface area contributed by atoms with Crippen molar-refractivity contribution in [1.82, 2.24) is 4.90 Å². The molecule has 1 fully saturated rings. The van der Waals surface area contributed by atoms with Gasteiger partial charge in [0, 0.05) is 18.7 Å². The Bertz CT molecular complexity index is 573. The van der Waals surface area contributed by atoms with Gasteiger partial charge in [0.1, 0.15) is 5.75 Å². The number of ether oxygens (including phenoxy) is 2. The van der Waals surface area contributed by atoms with Gasteiger partial charge in [-0.15, -0.1) is 13.2 Å². The molecule has 6 nitrogen and oxygen atoms in total. The van der Waals surface area contributed by atoms with Crippen molar-refractivity contribution in [3.63, 3.8) is 0 Å². The van der Waals surface area contributed by atoms with Crippen LogP contribution in [0.2, 0.25) is 0 Å². The maximum Gasteiger partial charge on any atom is 0.573 e. The van der Waals surface area contributed by atoms with E-state index in [0.29, 0.717) is 0 Å². The van der Waals surface area contributed by atoms with Crippen LogP contribution in [-0.2, 0) is 9.53 Å². The van der Waals surface area contributed by atoms with E-state index in [1.165, 1.54) is 17.0 Å². The quantitative estimate of drug-likeness (QED) is 0.911. The van der Waals surface area contributed by atoms with Crippen LogP contribution < -0.4 is 4.74 Å². The van der Waals surface area contributed by atoms with E-state index in [9.17, 15) is 22.8 Å². The molecule has 0 spiro atoms. The Kier molecular flexibility index (Phi) is 5.09. The highest BCUT2D eigenvalue weighted by Crippen LogP contribution is 2.23. The summed E-state index contributed by atoms with van der Waals surface area (Å²) in [6.45, 7) is 0.612. The summed E-state index contributed by atoms with van der Waals surface area (Å²) >= 11 is 0. The van der Waals surface area contributed by atoms with E-state index < -0.39 is 30.1 Å². The number of alkyl halides is 3. The van der Waals surface area contributed by atoms with Crippen molar-refractivity contribution in [3.8, 4) is 5.75 Å². The lowest BCUT2D eigenvalue weighted by Gasteiger charge is -2.32. The normalized spacial score (nSPS) is 18.6. The van der Waals surface area contributed by atoms with Crippen LogP contribution >= 0.6 is 0 Å². The number of carboxylic acids is 1. The van der Waals surface area contributed by atoms with E-state index in [0.717, 1.165) is 12.1 Å². The molecule has 0 bridgehead atoms. The number of benzene rings is 1. The van der Waals surface area contributed by atoms with Gasteiger partial charge in [-0.3, -0.25) is 9.59 Å². The molecule has 1 saturated heterocycles. The van der Waals surface area contributed by atoms with Crippen LogP contribution in [-0.4, -0.2) is 54.0 Å². The number of carbonyl (C=O) groups excluding carboxylic acids is 1. The molecule has 1 N–H and O–H groups in total. The minimum atomic E-state index is -4.79. The van der Waals surface area contributed by atoms with E-state index in [-0.39, 0.29) is 31.7 Å². The molecule has 0 unspecified atom stereocenters. The summed E-state index contributed by atoms with van der Waals surface area (Å²) in [5, 5.41) is 8.74. The molecule has 1 aromatic carbocycles. The predicted molar refractivity (Wildman–Crippen MR) is 71.0 cm³/mol. The summed E-state index contributed by atoms with van der Waals surface area (Å²) in [6.07, 6.45) is -5.61. The number of carboxylic acid groups (broad SMARTS) is 1. The van der Waals surface area contributed by atoms with Gasteiger partial charge in [-0.2, -0.15) is 0 Å². The summed E-state index contributed by atoms with van der Waals surface area (Å²) in [7, 11) is 0. The molecule has 0 aliphatic carbocycles. The van der Waals surface area contributed by atoms with E-state index in [1.807, 2.05) is 0 Å². The van der Waals surface area contributed by atoms with E-state index in [2.05, 4.69) is 4.74 Å². The van der Waals surface area contributed by atoms with Gasteiger partial charge >= 0.3 is 12.3 Å². The fourth-order valence-corrected chi connectivity index (χ4v) is 2.20. The Balaban J connectivity index is 2.00. The summed E-state index contributed by atoms with van der Waals surface area (Å²) in [6, 6.07) is 4.56. The van der Waals surface area contributed by atoms with Crippen molar-refractivity contribution < 1.29 is 37.3 Å². The van der Waals surface area contributed by atoms with E-state index >= 15 is 0 Å². The molecule has 126 valence electrons. The molecule has 9 heteroatoms. The highest BCUT2D eigenvalue weighted by Gasteiger charge is 2.31. The minimum Gasteiger partial charge on any atom is -0.481 e. The van der Waals surface area contributed by atoms with Crippen molar-refractivity contribution in [3.05, 3.63) is 29.8 Å². The van der Waals surface area contributed by atoms with Gasteiger partial charge in [-0.25, -0.2) is 0 Å². The fourth-order valence-electron chi connectivity index (χ4n) is 2.20. The zero-order chi connectivity index (χ0) is 17.0. The molecule has 0 aromatic heterocycles. The zero-order valence-electron chi connectivity index (χ0n) is 11.9. The second-order valence-corrected chi connectivity index (χ2v) is 4.91. The second kappa shape index (κ2) is 6.86. The number of hydrogen-bond acceptors (Lipinski definition) is 4. The lowest BCUT2D eigenvalue weighted by atomic mass is 10.1. The lowest BCUT2D eigenvalue weighted by Crippen LogP contribution is -2.46. The number of halogens is 3. The molecule has 1 atom stereocenters. The molecule has 0 saturated carbocycles. The van der Waals surface area contributed by atoms with Crippen molar-refractivity contribution in [2.45, 2.75) is 18.9 Å². The van der Waals surface area contributed by atoms with Gasteiger partial charge in [0.05, 0.1) is 19.1 Å². The summed E-state index contributed by atoms with van der Waals surface area (Å²) in [5.74, 6) is -1.85. The van der Waals surface area contributed by atoms with Crippen LogP contribution in [0.5, 0.6) is 5.75 Å². The van der Waals surface area contributed by atoms with Gasteiger partial charge in [0.15, 0.2) is 0 Å². The van der Waals surface area contributed by atoms with Crippen molar-refractivity contribution in [2.24, 2.45) is 0 Å². The van der Waals surface area contributed by atoms with Crippen molar-refractivity contribution >= 4 is 11.9 Å². The summed E-state index contributed by atoms with van der Waals surface area (Å²) in [5.41, 5.74) is 0.190. The molecular formula is C14H14F3NO5. The Morgan fingerprint density at radius 2 is 1.96 bits per heavy atom. The zero-order valence-corrected chi connectivity index (χ0v) is 11.9. The first kappa shape index (κ1) is 17.1. The first-order valence-corrected chi connectivity index (χ1v) is 6.73. The Morgan fingerprint density at radius 1 is 1.30 bits per heavy atom. The van der Waals surface area contributed by atoms with Crippen molar-refractivity contribution in [1.29, 1.82) is 0 Å². The number of rotatable bonds is 4. The number of hydrogen-bond donors (Lipinski definition) is 1. The summed E-state index contributed by atoms with van der Waals surface area (Å²) in [4.78, 5) is 24.4. The van der Waals surface area contributed by atoms with Gasteiger partial charge in [-0.05, 0) is 24.3 Å². The Hall–Kier alpha value is -2.29. The SMILES string of the molecule is O=C(O)C[C@H]1CN(C(=O)c2ccc(OC(F)(F)F)cc2)CCO1. The third kappa shape index (κ3) is 5.13. The second-order valence-electron chi connectivity index (χ2n) is 4.91. The van der Waals surface area contributed by atoms with Crippen molar-refractivity contribution in [2.75, 3.05) is 19.7 Å². The van der Waals surface area contributed by atoms with Gasteiger partial charge in [-0.1, -0.05) is 0 Å². The third-order valence-electron chi connectivity index (χ3n) is 3.16. The molecule has 1 aliphatic rings. The Labute approximate surface area is 129 Å². The minimum absolute atomic E-state index is 0.117. The van der Waals surface area contributed by atoms with Gasteiger partial charge in [0.2, 0.25) is 0 Å². The van der Waals surface area contributed by atoms with Crippen LogP contribution in [0.25, 0.3) is 0 Å². The third-order valence-corrected chi connectivity index (χ3v) is 3.16. The molecule has 1 amide bonds. The monoisotopic (exact) mass is 333 g/mol. The van der Waals surface area contributed by atoms with Gasteiger partial charge < -0.3 is 19.5 Å². The topological polar surface area (TPSA) is 76.1 Å². The molecule has 1 heterocycles. The number of nitrogens with zero attached hydrogens (tertiary/aromatic N) is 1. The Morgan fingerprint density at radius 3 is 2.52 bits per heavy atom. The first-order chi connectivity index (χ1) is 10.7. The number of amides is 1. The first-order valence-electron chi connectivity index (χ1n) is 6.73. The molecule has 1 aliphatic heterocycles. The molecule has 0 radical (unpaired) electrons. The van der Waals surface area contributed by atoms with Crippen LogP contribution in [0.4, 0.5) is 13.2 Å². The molecule has 23 heavy (non-hydrogen) atoms. The highest BCUT2D eigenvalue weighted by molar-refractivity contribution is 5.94. The smallest absolute Gasteiger partial charge is 0.481 e. The van der Waals surface area contributed by atoms with Crippen LogP contribution in [0.3, 0.4) is 0 Å². The van der Waals surface area contributed by atoms with Crippen LogP contribution in [0, 0.1) is 0 Å². The average Bonchev–Trinajstić information content (AvgIpc) is 2.45. The number of aliphatic carboxylic acids is 1. The largest absolute Gasteiger partial charge is 0.573 e. The summed E-state index contributed by atoms with van der Waals surface area (Å²) < 4.78 is 45.2. The van der Waals surface area contributed by atoms with Crippen LogP contribution in [0.15, 0.2) is 24.3 Å². The maximum absolute atomic E-state index is 12.3. The standard InChI is InChI=1S/C14H14F3NO5/c15-14(16,17)23-10-3-1-9(2-4-10)13(21)18-5-6-22-11(8-18)7-12(19)20/h1-4,11H,5-8H2,(H,19,20)/t11-/m0/s1. The average molecular weight is 333 g/mol. The number of morpholine rings is 1. The number of carbonyl (C=O) groups is 2. The molecule has 1 aromatic rings. The molecular weight excluding hydrogens is 319 g/mol.